The molecule has 0 amide bonds. The van der Waals surface area contributed by atoms with Crippen LogP contribution in [0.5, 0.6) is 0 Å². The molecule has 0 aliphatic rings. The van der Waals surface area contributed by atoms with E-state index in [4.69, 9.17) is 5.73 Å². The van der Waals surface area contributed by atoms with Crippen LogP contribution in [0.1, 0.15) is 27.2 Å². The molecule has 0 radical (unpaired) electrons. The van der Waals surface area contributed by atoms with Crippen LogP contribution in [0.25, 0.3) is 0 Å². The van der Waals surface area contributed by atoms with Gasteiger partial charge < -0.3 is 10.5 Å². The maximum Gasteiger partial charge on any atom is 0.328 e. The second kappa shape index (κ2) is 4.56. The Morgan fingerprint density at radius 1 is 1.54 bits per heavy atom. The first-order valence-electron chi connectivity index (χ1n) is 4.36. The molecule has 2 N–H and O–H groups in total. The van der Waals surface area contributed by atoms with Crippen LogP contribution in [0.15, 0.2) is 0 Å². The van der Waals surface area contributed by atoms with Crippen LogP contribution in [0, 0.1) is 5.92 Å². The topological polar surface area (TPSA) is 52.3 Å². The summed E-state index contributed by atoms with van der Waals surface area (Å²) in [6.07, 6.45) is -1.11. The van der Waals surface area contributed by atoms with E-state index in [-0.39, 0.29) is 12.3 Å². The quantitative estimate of drug-likeness (QED) is 0.681. The zero-order chi connectivity index (χ0) is 10.6. The Morgan fingerprint density at radius 3 is 2.23 bits per heavy atom. The molecule has 0 saturated carbocycles. The van der Waals surface area contributed by atoms with Crippen molar-refractivity contribution in [3.63, 3.8) is 0 Å². The fourth-order valence-electron chi connectivity index (χ4n) is 1.27. The number of methoxy groups -OCH3 is 1. The average molecular weight is 191 g/mol. The van der Waals surface area contributed by atoms with E-state index in [2.05, 4.69) is 4.74 Å². The van der Waals surface area contributed by atoms with E-state index < -0.39 is 17.7 Å². The summed E-state index contributed by atoms with van der Waals surface area (Å²) in [6, 6.07) is 0. The number of hydrogen-bond acceptors (Lipinski definition) is 3. The van der Waals surface area contributed by atoms with Gasteiger partial charge >= 0.3 is 5.97 Å². The van der Waals surface area contributed by atoms with Crippen molar-refractivity contribution >= 4 is 5.97 Å². The van der Waals surface area contributed by atoms with Crippen LogP contribution in [0.3, 0.4) is 0 Å². The van der Waals surface area contributed by atoms with Crippen molar-refractivity contribution in [2.24, 2.45) is 11.7 Å². The molecule has 0 rings (SSSR count). The summed E-state index contributed by atoms with van der Waals surface area (Å²) in [4.78, 5) is 11.2. The number of alkyl halides is 1. The Hall–Kier alpha value is -0.640. The van der Waals surface area contributed by atoms with E-state index in [9.17, 15) is 9.18 Å². The minimum Gasteiger partial charge on any atom is -0.468 e. The van der Waals surface area contributed by atoms with Gasteiger partial charge in [0, 0.05) is 0 Å². The summed E-state index contributed by atoms with van der Waals surface area (Å²) in [5.41, 5.74) is 4.15. The normalized spacial score (nSPS) is 18.1. The van der Waals surface area contributed by atoms with Crippen LogP contribution in [0.4, 0.5) is 4.39 Å². The molecule has 0 spiro atoms. The number of ether oxygens (including phenoxy) is 1. The van der Waals surface area contributed by atoms with Gasteiger partial charge in [0.1, 0.15) is 11.7 Å². The third kappa shape index (κ3) is 2.95. The Balaban J connectivity index is 4.62. The summed E-state index contributed by atoms with van der Waals surface area (Å²) < 4.78 is 17.6. The summed E-state index contributed by atoms with van der Waals surface area (Å²) in [5.74, 6) is -0.529. The number of halogens is 1. The molecule has 0 heterocycles. The first-order chi connectivity index (χ1) is 5.84. The Bertz CT molecular complexity index is 182. The highest BCUT2D eigenvalue weighted by Crippen LogP contribution is 2.21. The fraction of sp³-hybridized carbons (Fsp3) is 0.889. The molecule has 78 valence electrons. The number of carbonyl (C=O) groups excluding carboxylic acids is 1. The minimum atomic E-state index is -1.50. The average Bonchev–Trinajstić information content (AvgIpc) is 2.01. The molecule has 0 aromatic carbocycles. The second-order valence-corrected chi connectivity index (χ2v) is 3.75. The highest BCUT2D eigenvalue weighted by Gasteiger charge is 2.41. The highest BCUT2D eigenvalue weighted by atomic mass is 19.1. The Morgan fingerprint density at radius 2 is 2.00 bits per heavy atom. The van der Waals surface area contributed by atoms with Gasteiger partial charge in [-0.15, -0.1) is 0 Å². The molecule has 0 bridgehead atoms. The van der Waals surface area contributed by atoms with Gasteiger partial charge in [0.15, 0.2) is 0 Å². The van der Waals surface area contributed by atoms with Gasteiger partial charge in [0.05, 0.1) is 7.11 Å². The summed E-state index contributed by atoms with van der Waals surface area (Å²) in [5, 5.41) is 0. The molecule has 2 atom stereocenters. The monoisotopic (exact) mass is 191 g/mol. The van der Waals surface area contributed by atoms with Crippen LogP contribution in [-0.2, 0) is 9.53 Å². The Kier molecular flexibility index (Phi) is 4.33. The van der Waals surface area contributed by atoms with Crippen LogP contribution in [-0.4, -0.2) is 24.8 Å². The van der Waals surface area contributed by atoms with Gasteiger partial charge in [-0.05, 0) is 19.3 Å². The fourth-order valence-corrected chi connectivity index (χ4v) is 1.27. The van der Waals surface area contributed by atoms with Gasteiger partial charge in [-0.3, -0.25) is 0 Å². The van der Waals surface area contributed by atoms with Crippen molar-refractivity contribution in [1.29, 1.82) is 0 Å². The number of esters is 1. The molecule has 0 fully saturated rings. The van der Waals surface area contributed by atoms with Gasteiger partial charge in [-0.25, -0.2) is 9.18 Å². The standard InChI is InChI=1S/C9H18FNO2/c1-6(2)5-9(11,7(3)10)8(12)13-4/h6-7H,5,11H2,1-4H3. The van der Waals surface area contributed by atoms with E-state index in [1.165, 1.54) is 14.0 Å². The zero-order valence-electron chi connectivity index (χ0n) is 8.63. The van der Waals surface area contributed by atoms with Crippen LogP contribution < -0.4 is 5.73 Å². The van der Waals surface area contributed by atoms with Gasteiger partial charge in [-0.2, -0.15) is 0 Å². The molecule has 13 heavy (non-hydrogen) atoms. The number of hydrogen-bond donors (Lipinski definition) is 1. The molecular weight excluding hydrogens is 173 g/mol. The van der Waals surface area contributed by atoms with Gasteiger partial charge in [0.25, 0.3) is 0 Å². The van der Waals surface area contributed by atoms with Crippen molar-refractivity contribution in [1.82, 2.24) is 0 Å². The minimum absolute atomic E-state index is 0.155. The predicted molar refractivity (Wildman–Crippen MR) is 49.0 cm³/mol. The summed E-state index contributed by atoms with van der Waals surface area (Å²) in [6.45, 7) is 5.04. The SMILES string of the molecule is COC(=O)C(N)(CC(C)C)C(C)F. The second-order valence-electron chi connectivity index (χ2n) is 3.75. The lowest BCUT2D eigenvalue weighted by Gasteiger charge is -2.29. The third-order valence-corrected chi connectivity index (χ3v) is 2.02. The molecule has 0 aliphatic carbocycles. The highest BCUT2D eigenvalue weighted by molar-refractivity contribution is 5.81. The molecule has 0 aromatic rings. The molecule has 4 heteroatoms. The van der Waals surface area contributed by atoms with Crippen molar-refractivity contribution in [3.8, 4) is 0 Å². The number of rotatable bonds is 4. The van der Waals surface area contributed by atoms with E-state index >= 15 is 0 Å². The van der Waals surface area contributed by atoms with Gasteiger partial charge in [-0.1, -0.05) is 13.8 Å². The number of nitrogens with two attached hydrogens (primary N) is 1. The van der Waals surface area contributed by atoms with Crippen LogP contribution >= 0.6 is 0 Å². The van der Waals surface area contributed by atoms with Crippen molar-refractivity contribution < 1.29 is 13.9 Å². The molecule has 0 saturated heterocycles. The van der Waals surface area contributed by atoms with E-state index in [1.54, 1.807) is 0 Å². The smallest absolute Gasteiger partial charge is 0.328 e. The first kappa shape index (κ1) is 12.4. The molecule has 0 aromatic heterocycles. The van der Waals surface area contributed by atoms with E-state index in [1.807, 2.05) is 13.8 Å². The largest absolute Gasteiger partial charge is 0.468 e. The lowest BCUT2D eigenvalue weighted by Crippen LogP contribution is -2.56. The molecular formula is C9H18FNO2. The summed E-state index contributed by atoms with van der Waals surface area (Å²) in [7, 11) is 1.21. The first-order valence-corrected chi connectivity index (χ1v) is 4.36. The lowest BCUT2D eigenvalue weighted by atomic mass is 9.86. The molecule has 2 unspecified atom stereocenters. The van der Waals surface area contributed by atoms with Gasteiger partial charge in [0.2, 0.25) is 0 Å². The molecule has 0 aliphatic heterocycles. The lowest BCUT2D eigenvalue weighted by molar-refractivity contribution is -0.150. The maximum absolute atomic E-state index is 13.1. The zero-order valence-corrected chi connectivity index (χ0v) is 8.63. The predicted octanol–water partition coefficient (Wildman–Crippen LogP) is 1.26. The van der Waals surface area contributed by atoms with E-state index in [0.717, 1.165) is 0 Å². The number of carbonyl (C=O) groups is 1. The van der Waals surface area contributed by atoms with Crippen molar-refractivity contribution in [2.75, 3.05) is 7.11 Å². The van der Waals surface area contributed by atoms with Crippen LogP contribution in [0.2, 0.25) is 0 Å². The van der Waals surface area contributed by atoms with Crippen molar-refractivity contribution in [2.45, 2.75) is 38.9 Å². The third-order valence-electron chi connectivity index (χ3n) is 2.02. The molecule has 3 nitrogen and oxygen atoms in total. The maximum atomic E-state index is 13.1. The summed E-state index contributed by atoms with van der Waals surface area (Å²) >= 11 is 0. The van der Waals surface area contributed by atoms with E-state index in [0.29, 0.717) is 0 Å². The van der Waals surface area contributed by atoms with Crippen molar-refractivity contribution in [3.05, 3.63) is 0 Å². The Labute approximate surface area is 78.4 Å².